The number of benzene rings is 7. The molecule has 0 saturated heterocycles. The summed E-state index contributed by atoms with van der Waals surface area (Å²) in [5, 5.41) is 8.72. The van der Waals surface area contributed by atoms with Crippen LogP contribution in [0, 0.1) is 0 Å². The zero-order valence-electron chi connectivity index (χ0n) is 23.0. The summed E-state index contributed by atoms with van der Waals surface area (Å²) in [7, 11) is 0. The van der Waals surface area contributed by atoms with Crippen molar-refractivity contribution in [2.45, 2.75) is 0 Å². The lowest BCUT2D eigenvalue weighted by atomic mass is 9.96. The zero-order chi connectivity index (χ0) is 27.9. The number of rotatable bonds is 5. The van der Waals surface area contributed by atoms with E-state index in [0.717, 1.165) is 11.4 Å². The molecule has 42 heavy (non-hydrogen) atoms. The van der Waals surface area contributed by atoms with Crippen LogP contribution in [0.5, 0.6) is 0 Å². The SMILES string of the molecule is c1ccc(-c2ccc(Nc3cccc(-c4cccc5c4c4c6ccccc6ccc4n5-c4ccccc4)c3)cc2)cc1. The van der Waals surface area contributed by atoms with Gasteiger partial charge in [-0.2, -0.15) is 0 Å². The van der Waals surface area contributed by atoms with Gasteiger partial charge in [-0.3, -0.25) is 0 Å². The third-order valence-corrected chi connectivity index (χ3v) is 8.15. The van der Waals surface area contributed by atoms with Crippen LogP contribution in [0.4, 0.5) is 11.4 Å². The highest BCUT2D eigenvalue weighted by Gasteiger charge is 2.18. The van der Waals surface area contributed by atoms with Crippen LogP contribution in [0.15, 0.2) is 164 Å². The van der Waals surface area contributed by atoms with Gasteiger partial charge in [0.15, 0.2) is 0 Å². The molecule has 0 aliphatic carbocycles. The Kier molecular flexibility index (Phi) is 5.82. The summed E-state index contributed by atoms with van der Waals surface area (Å²) in [5.41, 5.74) is 10.6. The summed E-state index contributed by atoms with van der Waals surface area (Å²) in [4.78, 5) is 0. The van der Waals surface area contributed by atoms with Crippen molar-refractivity contribution in [1.29, 1.82) is 0 Å². The lowest BCUT2D eigenvalue weighted by Gasteiger charge is -2.11. The molecule has 7 aromatic carbocycles. The van der Waals surface area contributed by atoms with Gasteiger partial charge in [-0.1, -0.05) is 115 Å². The van der Waals surface area contributed by atoms with Crippen molar-refractivity contribution < 1.29 is 0 Å². The molecule has 0 amide bonds. The van der Waals surface area contributed by atoms with Gasteiger partial charge in [-0.05, 0) is 81.6 Å². The van der Waals surface area contributed by atoms with Crippen molar-refractivity contribution >= 4 is 44.0 Å². The van der Waals surface area contributed by atoms with E-state index in [2.05, 4.69) is 174 Å². The van der Waals surface area contributed by atoms with E-state index in [9.17, 15) is 0 Å². The monoisotopic (exact) mass is 536 g/mol. The first-order valence-corrected chi connectivity index (χ1v) is 14.4. The molecule has 0 aliphatic rings. The molecule has 0 spiro atoms. The molecular weight excluding hydrogens is 508 g/mol. The zero-order valence-corrected chi connectivity index (χ0v) is 23.0. The van der Waals surface area contributed by atoms with Gasteiger partial charge in [0.2, 0.25) is 0 Å². The molecule has 0 fully saturated rings. The second-order valence-corrected chi connectivity index (χ2v) is 10.7. The summed E-state index contributed by atoms with van der Waals surface area (Å²) in [5.74, 6) is 0. The minimum Gasteiger partial charge on any atom is -0.356 e. The second-order valence-electron chi connectivity index (χ2n) is 10.7. The quantitative estimate of drug-likeness (QED) is 0.231. The molecule has 2 heteroatoms. The second kappa shape index (κ2) is 10.1. The third kappa shape index (κ3) is 4.13. The van der Waals surface area contributed by atoms with Crippen LogP contribution in [0.3, 0.4) is 0 Å². The van der Waals surface area contributed by atoms with Crippen LogP contribution >= 0.6 is 0 Å². The Morgan fingerprint density at radius 3 is 1.90 bits per heavy atom. The van der Waals surface area contributed by atoms with Crippen molar-refractivity contribution in [3.05, 3.63) is 164 Å². The molecule has 0 radical (unpaired) electrons. The number of fused-ring (bicyclic) bond motifs is 5. The van der Waals surface area contributed by atoms with E-state index in [1.54, 1.807) is 0 Å². The van der Waals surface area contributed by atoms with Crippen molar-refractivity contribution in [3.63, 3.8) is 0 Å². The molecule has 0 saturated carbocycles. The number of hydrogen-bond donors (Lipinski definition) is 1. The minimum absolute atomic E-state index is 1.06. The van der Waals surface area contributed by atoms with Crippen LogP contribution in [-0.2, 0) is 0 Å². The molecule has 2 nitrogen and oxygen atoms in total. The summed E-state index contributed by atoms with van der Waals surface area (Å²) in [6.07, 6.45) is 0. The predicted molar refractivity (Wildman–Crippen MR) is 179 cm³/mol. The maximum Gasteiger partial charge on any atom is 0.0547 e. The normalized spacial score (nSPS) is 11.3. The molecule has 0 bridgehead atoms. The molecule has 1 aromatic heterocycles. The molecule has 8 rings (SSSR count). The molecule has 0 unspecified atom stereocenters. The summed E-state index contributed by atoms with van der Waals surface area (Å²) >= 11 is 0. The van der Waals surface area contributed by atoms with E-state index in [0.29, 0.717) is 0 Å². The topological polar surface area (TPSA) is 17.0 Å². The summed E-state index contributed by atoms with van der Waals surface area (Å²) in [6, 6.07) is 58.5. The maximum absolute atomic E-state index is 3.63. The Balaban J connectivity index is 1.27. The van der Waals surface area contributed by atoms with E-state index in [1.807, 2.05) is 0 Å². The lowest BCUT2D eigenvalue weighted by Crippen LogP contribution is -1.93. The fourth-order valence-electron chi connectivity index (χ4n) is 6.23. The average Bonchev–Trinajstić information content (AvgIpc) is 3.41. The van der Waals surface area contributed by atoms with Crippen molar-refractivity contribution in [1.82, 2.24) is 4.57 Å². The Morgan fingerprint density at radius 2 is 1.07 bits per heavy atom. The van der Waals surface area contributed by atoms with E-state index < -0.39 is 0 Å². The molecular formula is C40H28N2. The Hall–Kier alpha value is -5.60. The molecule has 0 atom stereocenters. The van der Waals surface area contributed by atoms with Gasteiger partial charge in [0, 0.05) is 27.8 Å². The lowest BCUT2D eigenvalue weighted by molar-refractivity contribution is 1.18. The first-order chi connectivity index (χ1) is 20.8. The molecule has 198 valence electrons. The van der Waals surface area contributed by atoms with Crippen LogP contribution in [0.1, 0.15) is 0 Å². The van der Waals surface area contributed by atoms with Gasteiger partial charge >= 0.3 is 0 Å². The number of nitrogens with zero attached hydrogens (tertiary/aromatic N) is 1. The molecule has 1 heterocycles. The molecule has 0 aliphatic heterocycles. The van der Waals surface area contributed by atoms with Crippen molar-refractivity contribution in [2.24, 2.45) is 0 Å². The van der Waals surface area contributed by atoms with Crippen molar-refractivity contribution in [2.75, 3.05) is 5.32 Å². The fraction of sp³-hybridized carbons (Fsp3) is 0. The molecule has 8 aromatic rings. The Bertz CT molecular complexity index is 2190. The Labute approximate surface area is 245 Å². The highest BCUT2D eigenvalue weighted by Crippen LogP contribution is 2.42. The largest absolute Gasteiger partial charge is 0.356 e. The first kappa shape index (κ1) is 24.2. The van der Waals surface area contributed by atoms with E-state index in [-0.39, 0.29) is 0 Å². The maximum atomic E-state index is 3.63. The van der Waals surface area contributed by atoms with E-state index in [1.165, 1.54) is 60.5 Å². The van der Waals surface area contributed by atoms with Gasteiger partial charge in [0.25, 0.3) is 0 Å². The third-order valence-electron chi connectivity index (χ3n) is 8.15. The van der Waals surface area contributed by atoms with Gasteiger partial charge in [0.1, 0.15) is 0 Å². The standard InChI is InChI=1S/C40H28N2/c1-3-11-28(12-4-1)29-21-24-32(25-22-29)41-33-15-9-14-31(27-33)36-19-10-20-37-40(36)39-35-18-8-7-13-30(35)23-26-38(39)42(37)34-16-5-2-6-17-34/h1-27,41H. The van der Waals surface area contributed by atoms with Crippen LogP contribution in [0.25, 0.3) is 60.5 Å². The minimum atomic E-state index is 1.06. The first-order valence-electron chi connectivity index (χ1n) is 14.4. The number of nitrogens with one attached hydrogen (secondary N) is 1. The van der Waals surface area contributed by atoms with Gasteiger partial charge in [-0.15, -0.1) is 0 Å². The smallest absolute Gasteiger partial charge is 0.0547 e. The highest BCUT2D eigenvalue weighted by molar-refractivity contribution is 6.25. The van der Waals surface area contributed by atoms with E-state index in [4.69, 9.17) is 0 Å². The summed E-state index contributed by atoms with van der Waals surface area (Å²) < 4.78 is 2.40. The highest BCUT2D eigenvalue weighted by atomic mass is 15.0. The molecule has 1 N–H and O–H groups in total. The van der Waals surface area contributed by atoms with Crippen LogP contribution in [-0.4, -0.2) is 4.57 Å². The fourth-order valence-corrected chi connectivity index (χ4v) is 6.23. The summed E-state index contributed by atoms with van der Waals surface area (Å²) in [6.45, 7) is 0. The van der Waals surface area contributed by atoms with Gasteiger partial charge in [-0.25, -0.2) is 0 Å². The average molecular weight is 537 g/mol. The van der Waals surface area contributed by atoms with E-state index >= 15 is 0 Å². The number of anilines is 2. The predicted octanol–water partition coefficient (Wildman–Crippen LogP) is 11.0. The van der Waals surface area contributed by atoms with Crippen LogP contribution < -0.4 is 5.32 Å². The number of hydrogen-bond acceptors (Lipinski definition) is 1. The van der Waals surface area contributed by atoms with Crippen molar-refractivity contribution in [3.8, 4) is 27.9 Å². The van der Waals surface area contributed by atoms with Gasteiger partial charge in [0.05, 0.1) is 11.0 Å². The number of aromatic nitrogens is 1. The van der Waals surface area contributed by atoms with Crippen LogP contribution in [0.2, 0.25) is 0 Å². The number of para-hydroxylation sites is 1. The van der Waals surface area contributed by atoms with Gasteiger partial charge < -0.3 is 9.88 Å². The Morgan fingerprint density at radius 1 is 0.405 bits per heavy atom.